The number of carbonyl (C=O) groups is 1. The molecule has 0 bridgehead atoms. The van der Waals surface area contributed by atoms with E-state index in [0.717, 1.165) is 12.8 Å². The van der Waals surface area contributed by atoms with E-state index >= 15 is 0 Å². The Bertz CT molecular complexity index is 562. The van der Waals surface area contributed by atoms with Gasteiger partial charge in [-0.1, -0.05) is 63.4 Å². The van der Waals surface area contributed by atoms with Crippen LogP contribution in [0.25, 0.3) is 0 Å². The molecule has 22 heavy (non-hydrogen) atoms. The standard InChI is InChI=1S/C20H26O2/c1-5-9-19(21)22-18-14-15(2)12-13-17(18)20(3,4)16-10-7-6-8-11-16/h6-8,10-11,15,17-18H,12-14H2,1-4H3/t15-,17-,18-/m1/s1. The van der Waals surface area contributed by atoms with Crippen LogP contribution in [-0.2, 0) is 14.9 Å². The Hall–Kier alpha value is -1.75. The van der Waals surface area contributed by atoms with E-state index in [2.05, 4.69) is 56.9 Å². The lowest BCUT2D eigenvalue weighted by Gasteiger charge is -2.43. The highest BCUT2D eigenvalue weighted by molar-refractivity contribution is 5.88. The predicted molar refractivity (Wildman–Crippen MR) is 89.3 cm³/mol. The molecule has 0 aliphatic heterocycles. The number of ether oxygens (including phenoxy) is 1. The summed E-state index contributed by atoms with van der Waals surface area (Å²) < 4.78 is 5.71. The van der Waals surface area contributed by atoms with Crippen molar-refractivity contribution in [3.63, 3.8) is 0 Å². The van der Waals surface area contributed by atoms with Gasteiger partial charge in [0.25, 0.3) is 0 Å². The second-order valence-electron chi connectivity index (χ2n) is 6.93. The van der Waals surface area contributed by atoms with E-state index in [-0.39, 0.29) is 11.5 Å². The Morgan fingerprint density at radius 3 is 2.55 bits per heavy atom. The summed E-state index contributed by atoms with van der Waals surface area (Å²) in [4.78, 5) is 11.8. The summed E-state index contributed by atoms with van der Waals surface area (Å²) in [5.74, 6) is 5.66. The van der Waals surface area contributed by atoms with Gasteiger partial charge in [-0.3, -0.25) is 0 Å². The Labute approximate surface area is 134 Å². The first-order chi connectivity index (χ1) is 10.4. The van der Waals surface area contributed by atoms with Gasteiger partial charge >= 0.3 is 5.97 Å². The molecule has 0 aromatic heterocycles. The minimum Gasteiger partial charge on any atom is -0.452 e. The molecular weight excluding hydrogens is 272 g/mol. The van der Waals surface area contributed by atoms with Gasteiger partial charge < -0.3 is 4.74 Å². The van der Waals surface area contributed by atoms with Crippen molar-refractivity contribution in [2.45, 2.75) is 58.5 Å². The number of hydrogen-bond donors (Lipinski definition) is 0. The van der Waals surface area contributed by atoms with Crippen LogP contribution < -0.4 is 0 Å². The highest BCUT2D eigenvalue weighted by Crippen LogP contribution is 2.43. The predicted octanol–water partition coefficient (Wildman–Crippen LogP) is 4.34. The number of hydrogen-bond acceptors (Lipinski definition) is 2. The quantitative estimate of drug-likeness (QED) is 0.471. The van der Waals surface area contributed by atoms with Gasteiger partial charge in [0.1, 0.15) is 6.10 Å². The van der Waals surface area contributed by atoms with E-state index in [1.807, 2.05) is 6.07 Å². The molecule has 0 heterocycles. The topological polar surface area (TPSA) is 26.3 Å². The zero-order chi connectivity index (χ0) is 16.2. The minimum atomic E-state index is -0.393. The van der Waals surface area contributed by atoms with Crippen LogP contribution >= 0.6 is 0 Å². The maximum Gasteiger partial charge on any atom is 0.384 e. The van der Waals surface area contributed by atoms with Crippen molar-refractivity contribution in [3.05, 3.63) is 35.9 Å². The summed E-state index contributed by atoms with van der Waals surface area (Å²) in [7, 11) is 0. The van der Waals surface area contributed by atoms with Crippen LogP contribution in [0.4, 0.5) is 0 Å². The third-order valence-corrected chi connectivity index (χ3v) is 4.98. The lowest BCUT2D eigenvalue weighted by atomic mass is 9.64. The zero-order valence-corrected chi connectivity index (χ0v) is 14.1. The van der Waals surface area contributed by atoms with E-state index in [9.17, 15) is 4.79 Å². The fourth-order valence-corrected chi connectivity index (χ4v) is 3.64. The molecule has 0 spiro atoms. The molecule has 1 aliphatic carbocycles. The van der Waals surface area contributed by atoms with Crippen molar-refractivity contribution < 1.29 is 9.53 Å². The normalized spacial score (nSPS) is 25.0. The first-order valence-electron chi connectivity index (χ1n) is 8.14. The molecule has 2 nitrogen and oxygen atoms in total. The van der Waals surface area contributed by atoms with Crippen LogP contribution in [0.1, 0.15) is 52.5 Å². The van der Waals surface area contributed by atoms with Crippen molar-refractivity contribution in [1.29, 1.82) is 0 Å². The second kappa shape index (κ2) is 7.01. The van der Waals surface area contributed by atoms with Gasteiger partial charge in [0.2, 0.25) is 0 Å². The van der Waals surface area contributed by atoms with Crippen LogP contribution in [0, 0.1) is 23.7 Å². The molecule has 1 saturated carbocycles. The molecule has 0 radical (unpaired) electrons. The Morgan fingerprint density at radius 1 is 1.23 bits per heavy atom. The van der Waals surface area contributed by atoms with Gasteiger partial charge in [0.15, 0.2) is 0 Å². The van der Waals surface area contributed by atoms with Gasteiger partial charge in [-0.15, -0.1) is 0 Å². The van der Waals surface area contributed by atoms with Crippen LogP contribution in [0.3, 0.4) is 0 Å². The fraction of sp³-hybridized carbons (Fsp3) is 0.550. The van der Waals surface area contributed by atoms with Crippen molar-refractivity contribution in [2.75, 3.05) is 0 Å². The lowest BCUT2D eigenvalue weighted by Crippen LogP contribution is -2.43. The lowest BCUT2D eigenvalue weighted by molar-refractivity contribution is -0.149. The Morgan fingerprint density at radius 2 is 1.91 bits per heavy atom. The van der Waals surface area contributed by atoms with E-state index < -0.39 is 5.97 Å². The van der Waals surface area contributed by atoms with Gasteiger partial charge in [-0.2, -0.15) is 0 Å². The van der Waals surface area contributed by atoms with Gasteiger partial charge in [-0.25, -0.2) is 4.79 Å². The van der Waals surface area contributed by atoms with Gasteiger partial charge in [0.05, 0.1) is 0 Å². The molecule has 0 amide bonds. The average Bonchev–Trinajstić information content (AvgIpc) is 2.48. The molecule has 3 atom stereocenters. The SMILES string of the molecule is CC#CC(=O)O[C@@H]1C[C@H](C)CC[C@H]1C(C)(C)c1ccccc1. The highest BCUT2D eigenvalue weighted by Gasteiger charge is 2.41. The summed E-state index contributed by atoms with van der Waals surface area (Å²) in [6, 6.07) is 10.5. The zero-order valence-electron chi connectivity index (χ0n) is 14.1. The minimum absolute atomic E-state index is 0.0218. The third kappa shape index (κ3) is 3.71. The molecule has 0 unspecified atom stereocenters. The Kier molecular flexibility index (Phi) is 5.29. The molecule has 2 heteroatoms. The van der Waals surface area contributed by atoms with Gasteiger partial charge in [0, 0.05) is 11.8 Å². The largest absolute Gasteiger partial charge is 0.452 e. The summed E-state index contributed by atoms with van der Waals surface area (Å²) in [5.41, 5.74) is 1.28. The summed E-state index contributed by atoms with van der Waals surface area (Å²) in [6.45, 7) is 8.42. The van der Waals surface area contributed by atoms with Crippen molar-refractivity contribution in [2.24, 2.45) is 11.8 Å². The summed E-state index contributed by atoms with van der Waals surface area (Å²) in [6.07, 6.45) is 3.15. The van der Waals surface area contributed by atoms with Crippen molar-refractivity contribution >= 4 is 5.97 Å². The van der Waals surface area contributed by atoms with E-state index in [1.165, 1.54) is 12.0 Å². The van der Waals surface area contributed by atoms with Crippen LogP contribution in [0.2, 0.25) is 0 Å². The smallest absolute Gasteiger partial charge is 0.384 e. The van der Waals surface area contributed by atoms with Crippen molar-refractivity contribution in [1.82, 2.24) is 0 Å². The summed E-state index contributed by atoms with van der Waals surface area (Å²) in [5, 5.41) is 0. The number of rotatable bonds is 3. The van der Waals surface area contributed by atoms with Crippen LogP contribution in [0.15, 0.2) is 30.3 Å². The Balaban J connectivity index is 2.24. The van der Waals surface area contributed by atoms with E-state index in [4.69, 9.17) is 4.74 Å². The average molecular weight is 298 g/mol. The molecule has 1 aromatic rings. The van der Waals surface area contributed by atoms with E-state index in [0.29, 0.717) is 11.8 Å². The second-order valence-corrected chi connectivity index (χ2v) is 6.93. The molecule has 2 rings (SSSR count). The molecule has 1 aromatic carbocycles. The van der Waals surface area contributed by atoms with Crippen LogP contribution in [0.5, 0.6) is 0 Å². The van der Waals surface area contributed by atoms with Gasteiger partial charge in [-0.05, 0) is 36.7 Å². The first kappa shape index (κ1) is 16.6. The molecule has 1 fully saturated rings. The molecule has 1 aliphatic rings. The number of benzene rings is 1. The summed E-state index contributed by atoms with van der Waals surface area (Å²) >= 11 is 0. The molecule has 118 valence electrons. The maximum atomic E-state index is 11.8. The molecule has 0 N–H and O–H groups in total. The monoisotopic (exact) mass is 298 g/mol. The van der Waals surface area contributed by atoms with Crippen LogP contribution in [-0.4, -0.2) is 12.1 Å². The molecule has 0 saturated heterocycles. The first-order valence-corrected chi connectivity index (χ1v) is 8.14. The van der Waals surface area contributed by atoms with Crippen molar-refractivity contribution in [3.8, 4) is 11.8 Å². The molecular formula is C20H26O2. The number of esters is 1. The highest BCUT2D eigenvalue weighted by atomic mass is 16.5. The maximum absolute atomic E-state index is 11.8. The third-order valence-electron chi connectivity index (χ3n) is 4.98. The fourth-order valence-electron chi connectivity index (χ4n) is 3.64. The number of carbonyl (C=O) groups excluding carboxylic acids is 1. The van der Waals surface area contributed by atoms with E-state index in [1.54, 1.807) is 6.92 Å².